The third kappa shape index (κ3) is 5.16. The summed E-state index contributed by atoms with van der Waals surface area (Å²) in [5, 5.41) is 2.89. The average molecular weight is 497 g/mol. The van der Waals surface area contributed by atoms with E-state index >= 15 is 0 Å². The molecule has 2 heterocycles. The number of hydrogen-bond donors (Lipinski definition) is 1. The minimum Gasteiger partial charge on any atom is -0.345 e. The number of aryl methyl sites for hydroxylation is 3. The molecular weight excluding hydrogens is 464 g/mol. The summed E-state index contributed by atoms with van der Waals surface area (Å²) in [5.74, 6) is 0.288. The van der Waals surface area contributed by atoms with Gasteiger partial charge in [-0.15, -0.1) is 0 Å². The fourth-order valence-electron chi connectivity index (χ4n) is 4.57. The Hall–Kier alpha value is -3.04. The van der Waals surface area contributed by atoms with E-state index in [1.54, 1.807) is 26.2 Å². The molecule has 0 bridgehead atoms. The van der Waals surface area contributed by atoms with Crippen LogP contribution < -0.4 is 5.32 Å². The Bertz CT molecular complexity index is 1270. The van der Waals surface area contributed by atoms with Crippen molar-refractivity contribution in [2.45, 2.75) is 38.6 Å². The first-order chi connectivity index (χ1) is 16.5. The molecule has 0 unspecified atom stereocenters. The second-order valence-corrected chi connectivity index (χ2v) is 11.7. The molecule has 1 N–H and O–H groups in total. The van der Waals surface area contributed by atoms with Gasteiger partial charge in [0.1, 0.15) is 11.4 Å². The van der Waals surface area contributed by atoms with Crippen molar-refractivity contribution in [3.63, 3.8) is 0 Å². The van der Waals surface area contributed by atoms with Gasteiger partial charge in [-0.25, -0.2) is 12.7 Å². The van der Waals surface area contributed by atoms with Gasteiger partial charge in [-0.1, -0.05) is 35.9 Å². The molecule has 1 saturated heterocycles. The number of nitrogens with one attached hydrogen (secondary N) is 1. The third-order valence-electron chi connectivity index (χ3n) is 6.87. The molecule has 1 spiro atoms. The maximum Gasteiger partial charge on any atom is 0.253 e. The van der Waals surface area contributed by atoms with Gasteiger partial charge >= 0.3 is 0 Å². The summed E-state index contributed by atoms with van der Waals surface area (Å²) in [5.41, 5.74) is 3.45. The highest BCUT2D eigenvalue weighted by atomic mass is 32.2. The van der Waals surface area contributed by atoms with Crippen LogP contribution in [0, 0.1) is 13.8 Å². The molecule has 9 heteroatoms. The lowest BCUT2D eigenvalue weighted by Crippen LogP contribution is -2.50. The van der Waals surface area contributed by atoms with Crippen LogP contribution in [0.15, 0.2) is 47.5 Å². The lowest BCUT2D eigenvalue weighted by molar-refractivity contribution is -0.124. The van der Waals surface area contributed by atoms with Gasteiger partial charge in [0.2, 0.25) is 10.0 Å². The average Bonchev–Trinajstić information content (AvgIpc) is 3.13. The van der Waals surface area contributed by atoms with E-state index in [0.717, 1.165) is 22.3 Å². The molecule has 186 valence electrons. The third-order valence-corrected chi connectivity index (χ3v) is 8.75. The zero-order valence-electron chi connectivity index (χ0n) is 20.7. The van der Waals surface area contributed by atoms with Crippen molar-refractivity contribution >= 4 is 27.7 Å². The monoisotopic (exact) mass is 496 g/mol. The quantitative estimate of drug-likeness (QED) is 0.663. The molecule has 4 rings (SSSR count). The van der Waals surface area contributed by atoms with Crippen molar-refractivity contribution in [1.82, 2.24) is 14.5 Å². The topological polar surface area (TPSA) is 99.2 Å². The summed E-state index contributed by atoms with van der Waals surface area (Å²) in [6.07, 6.45) is 1.07. The summed E-state index contributed by atoms with van der Waals surface area (Å²) in [4.78, 5) is 31.2. The van der Waals surface area contributed by atoms with Crippen molar-refractivity contribution in [2.24, 2.45) is 4.99 Å². The second kappa shape index (κ2) is 9.54. The van der Waals surface area contributed by atoms with Gasteiger partial charge in [-0.3, -0.25) is 14.6 Å². The number of hydrogen-bond acceptors (Lipinski definition) is 5. The molecule has 0 atom stereocenters. The van der Waals surface area contributed by atoms with Crippen molar-refractivity contribution in [3.05, 3.63) is 70.3 Å². The van der Waals surface area contributed by atoms with Crippen LogP contribution in [-0.4, -0.2) is 73.7 Å². The molecule has 0 aromatic heterocycles. The van der Waals surface area contributed by atoms with Crippen molar-refractivity contribution in [3.8, 4) is 0 Å². The van der Waals surface area contributed by atoms with Gasteiger partial charge in [0.25, 0.3) is 11.8 Å². The molecule has 2 aliphatic heterocycles. The van der Waals surface area contributed by atoms with Crippen LogP contribution >= 0.6 is 0 Å². The molecule has 2 aliphatic rings. The first kappa shape index (κ1) is 25.1. The van der Waals surface area contributed by atoms with E-state index in [0.29, 0.717) is 30.7 Å². The number of carbonyl (C=O) groups excluding carboxylic acids is 2. The molecule has 0 aliphatic carbocycles. The SMILES string of the molecule is Cc1ccc(C2=NC3(CCN(S(=O)(=O)CCc4ccc(C(=O)N(C)C)cc4C)CC3)C(=O)N2)cc1. The van der Waals surface area contributed by atoms with E-state index in [2.05, 4.69) is 5.32 Å². The number of sulfonamides is 1. The van der Waals surface area contributed by atoms with Gasteiger partial charge in [0.05, 0.1) is 5.75 Å². The van der Waals surface area contributed by atoms with Crippen LogP contribution in [0.25, 0.3) is 0 Å². The highest BCUT2D eigenvalue weighted by Gasteiger charge is 2.47. The summed E-state index contributed by atoms with van der Waals surface area (Å²) in [7, 11) is -0.0961. The predicted molar refractivity (Wildman–Crippen MR) is 136 cm³/mol. The summed E-state index contributed by atoms with van der Waals surface area (Å²) < 4.78 is 27.6. The molecule has 0 radical (unpaired) electrons. The van der Waals surface area contributed by atoms with Crippen LogP contribution in [0.3, 0.4) is 0 Å². The first-order valence-corrected chi connectivity index (χ1v) is 13.4. The van der Waals surface area contributed by atoms with Crippen molar-refractivity contribution < 1.29 is 18.0 Å². The van der Waals surface area contributed by atoms with E-state index in [-0.39, 0.29) is 30.7 Å². The fraction of sp³-hybridized carbons (Fsp3) is 0.423. The van der Waals surface area contributed by atoms with Crippen molar-refractivity contribution in [2.75, 3.05) is 32.9 Å². The number of carbonyl (C=O) groups is 2. The molecule has 0 saturated carbocycles. The fourth-order valence-corrected chi connectivity index (χ4v) is 6.05. The molecule has 2 aromatic carbocycles. The Morgan fingerprint density at radius 1 is 1.09 bits per heavy atom. The van der Waals surface area contributed by atoms with Gasteiger partial charge in [-0.05, 0) is 56.4 Å². The largest absolute Gasteiger partial charge is 0.345 e. The van der Waals surface area contributed by atoms with E-state index in [9.17, 15) is 18.0 Å². The van der Waals surface area contributed by atoms with Crippen molar-refractivity contribution in [1.29, 1.82) is 0 Å². The van der Waals surface area contributed by atoms with Crippen LogP contribution in [0.1, 0.15) is 45.5 Å². The van der Waals surface area contributed by atoms with Gasteiger partial charge in [-0.2, -0.15) is 0 Å². The smallest absolute Gasteiger partial charge is 0.253 e. The lowest BCUT2D eigenvalue weighted by Gasteiger charge is -2.34. The van der Waals surface area contributed by atoms with Crippen LogP contribution in [-0.2, 0) is 21.2 Å². The van der Waals surface area contributed by atoms with E-state index < -0.39 is 15.6 Å². The molecule has 8 nitrogen and oxygen atoms in total. The maximum atomic E-state index is 13.1. The molecule has 1 fully saturated rings. The zero-order valence-corrected chi connectivity index (χ0v) is 21.5. The Kier molecular flexibility index (Phi) is 6.83. The highest BCUT2D eigenvalue weighted by molar-refractivity contribution is 7.89. The minimum atomic E-state index is -3.49. The Labute approximate surface area is 207 Å². The number of nitrogens with zero attached hydrogens (tertiary/aromatic N) is 3. The lowest BCUT2D eigenvalue weighted by atomic mass is 9.89. The minimum absolute atomic E-state index is 0.0219. The Balaban J connectivity index is 1.39. The van der Waals surface area contributed by atoms with E-state index in [4.69, 9.17) is 4.99 Å². The number of benzene rings is 2. The Morgan fingerprint density at radius 3 is 2.34 bits per heavy atom. The molecule has 35 heavy (non-hydrogen) atoms. The molecular formula is C26H32N4O4S. The second-order valence-electron chi connectivity index (χ2n) is 9.62. The summed E-state index contributed by atoms with van der Waals surface area (Å²) >= 11 is 0. The summed E-state index contributed by atoms with van der Waals surface area (Å²) in [6.45, 7) is 4.41. The highest BCUT2D eigenvalue weighted by Crippen LogP contribution is 2.32. The summed E-state index contributed by atoms with van der Waals surface area (Å²) in [6, 6.07) is 13.2. The zero-order chi connectivity index (χ0) is 25.4. The van der Waals surface area contributed by atoms with E-state index in [1.807, 2.05) is 44.2 Å². The van der Waals surface area contributed by atoms with E-state index in [1.165, 1.54) is 9.21 Å². The standard InChI is InChI=1S/C26H32N4O4S/c1-18-5-7-21(8-6-18)23-27-25(32)26(28-23)12-14-30(15-13-26)35(33,34)16-11-20-9-10-22(17-19(20)2)24(31)29(3)4/h5-10,17H,11-16H2,1-4H3,(H,27,28,32). The maximum absolute atomic E-state index is 13.1. The van der Waals surface area contributed by atoms with Gasteiger partial charge in [0.15, 0.2) is 0 Å². The number of amidine groups is 1. The van der Waals surface area contributed by atoms with Crippen LogP contribution in [0.5, 0.6) is 0 Å². The number of aliphatic imine (C=N–C) groups is 1. The predicted octanol–water partition coefficient (Wildman–Crippen LogP) is 2.29. The normalized spacial score (nSPS) is 17.8. The number of piperidine rings is 1. The van der Waals surface area contributed by atoms with Crippen LogP contribution in [0.2, 0.25) is 0 Å². The Morgan fingerprint density at radius 2 is 1.74 bits per heavy atom. The van der Waals surface area contributed by atoms with Gasteiger partial charge in [0, 0.05) is 38.3 Å². The van der Waals surface area contributed by atoms with Crippen LogP contribution in [0.4, 0.5) is 0 Å². The first-order valence-electron chi connectivity index (χ1n) is 11.8. The number of rotatable bonds is 6. The molecule has 2 aromatic rings. The molecule has 2 amide bonds. The van der Waals surface area contributed by atoms with Gasteiger partial charge < -0.3 is 10.2 Å². The number of amides is 2.